The van der Waals surface area contributed by atoms with Crippen LogP contribution in [0.5, 0.6) is 0 Å². The fraction of sp³-hybridized carbons (Fsp3) is 0.273. The van der Waals surface area contributed by atoms with Crippen molar-refractivity contribution in [3.05, 3.63) is 41.5 Å². The third-order valence-electron chi connectivity index (χ3n) is 2.32. The summed E-state index contributed by atoms with van der Waals surface area (Å²) in [5.41, 5.74) is 0.317. The van der Waals surface area contributed by atoms with Gasteiger partial charge in [-0.1, -0.05) is 12.2 Å². The van der Waals surface area contributed by atoms with Crippen LogP contribution >= 0.6 is 12.4 Å². The minimum atomic E-state index is -0.405. The summed E-state index contributed by atoms with van der Waals surface area (Å²) in [5, 5.41) is 3.10. The van der Waals surface area contributed by atoms with Gasteiger partial charge in [-0.3, -0.25) is 0 Å². The molecule has 0 unspecified atom stereocenters. The molecule has 82 valence electrons. The molecular weight excluding hydrogens is 220 g/mol. The van der Waals surface area contributed by atoms with E-state index in [9.17, 15) is 8.78 Å². The monoisotopic (exact) mass is 231 g/mol. The SMILES string of the molecule is Cl.Fc1ccc(F)c(/C=C/C2CNC2)c1. The van der Waals surface area contributed by atoms with E-state index in [0.717, 1.165) is 25.2 Å². The van der Waals surface area contributed by atoms with E-state index in [4.69, 9.17) is 0 Å². The Balaban J connectivity index is 0.00000112. The smallest absolute Gasteiger partial charge is 0.130 e. The lowest BCUT2D eigenvalue weighted by molar-refractivity contribution is 0.420. The fourth-order valence-corrected chi connectivity index (χ4v) is 1.33. The van der Waals surface area contributed by atoms with Crippen LogP contribution < -0.4 is 5.32 Å². The Morgan fingerprint density at radius 3 is 2.60 bits per heavy atom. The Labute approximate surface area is 93.6 Å². The molecule has 1 saturated heterocycles. The van der Waals surface area contributed by atoms with Crippen LogP contribution in [0, 0.1) is 17.6 Å². The number of nitrogens with one attached hydrogen (secondary N) is 1. The van der Waals surface area contributed by atoms with Gasteiger partial charge in [0.15, 0.2) is 0 Å². The van der Waals surface area contributed by atoms with Crippen molar-refractivity contribution >= 4 is 18.5 Å². The molecule has 1 heterocycles. The highest BCUT2D eigenvalue weighted by atomic mass is 35.5. The number of hydrogen-bond acceptors (Lipinski definition) is 1. The fourth-order valence-electron chi connectivity index (χ4n) is 1.33. The van der Waals surface area contributed by atoms with Crippen molar-refractivity contribution in [2.45, 2.75) is 0 Å². The molecule has 4 heteroatoms. The van der Waals surface area contributed by atoms with E-state index < -0.39 is 5.82 Å². The minimum absolute atomic E-state index is 0. The molecule has 0 amide bonds. The van der Waals surface area contributed by atoms with Crippen LogP contribution in [0.15, 0.2) is 24.3 Å². The summed E-state index contributed by atoms with van der Waals surface area (Å²) in [4.78, 5) is 0. The molecule has 0 radical (unpaired) electrons. The average Bonchev–Trinajstić information content (AvgIpc) is 2.08. The summed E-state index contributed by atoms with van der Waals surface area (Å²) >= 11 is 0. The summed E-state index contributed by atoms with van der Waals surface area (Å²) in [6.45, 7) is 1.85. The molecule has 1 aromatic rings. The summed E-state index contributed by atoms with van der Waals surface area (Å²) in [6.07, 6.45) is 3.55. The molecule has 1 aliphatic heterocycles. The molecule has 0 aromatic heterocycles. The number of hydrogen-bond donors (Lipinski definition) is 1. The van der Waals surface area contributed by atoms with E-state index in [0.29, 0.717) is 11.5 Å². The topological polar surface area (TPSA) is 12.0 Å². The second-order valence-corrected chi connectivity index (χ2v) is 3.44. The van der Waals surface area contributed by atoms with Crippen LogP contribution in [0.4, 0.5) is 8.78 Å². The van der Waals surface area contributed by atoms with Gasteiger partial charge in [0, 0.05) is 24.6 Å². The van der Waals surface area contributed by atoms with Gasteiger partial charge in [-0.15, -0.1) is 12.4 Å². The molecule has 1 aliphatic rings. The van der Waals surface area contributed by atoms with Gasteiger partial charge in [0.05, 0.1) is 0 Å². The van der Waals surface area contributed by atoms with Crippen LogP contribution in [0.2, 0.25) is 0 Å². The minimum Gasteiger partial charge on any atom is -0.315 e. The average molecular weight is 232 g/mol. The van der Waals surface area contributed by atoms with Crippen molar-refractivity contribution in [2.24, 2.45) is 5.92 Å². The van der Waals surface area contributed by atoms with Gasteiger partial charge in [-0.2, -0.15) is 0 Å². The van der Waals surface area contributed by atoms with Crippen LogP contribution in [0.3, 0.4) is 0 Å². The van der Waals surface area contributed by atoms with Gasteiger partial charge in [-0.05, 0) is 18.2 Å². The molecule has 15 heavy (non-hydrogen) atoms. The van der Waals surface area contributed by atoms with Crippen LogP contribution in [-0.2, 0) is 0 Å². The van der Waals surface area contributed by atoms with Crippen LogP contribution in [-0.4, -0.2) is 13.1 Å². The molecule has 0 spiro atoms. The lowest BCUT2D eigenvalue weighted by Crippen LogP contribution is -2.40. The molecule has 0 atom stereocenters. The van der Waals surface area contributed by atoms with Gasteiger partial charge in [0.2, 0.25) is 0 Å². The molecule has 0 saturated carbocycles. The standard InChI is InChI=1S/C11H11F2N.ClH/c12-10-3-4-11(13)9(5-10)2-1-8-6-14-7-8;/h1-5,8,14H,6-7H2;1H/b2-1+;. The number of rotatable bonds is 2. The summed E-state index contributed by atoms with van der Waals surface area (Å²) in [7, 11) is 0. The van der Waals surface area contributed by atoms with E-state index >= 15 is 0 Å². The zero-order valence-electron chi connectivity index (χ0n) is 8.04. The second kappa shape index (κ2) is 5.24. The van der Waals surface area contributed by atoms with Gasteiger partial charge in [0.1, 0.15) is 11.6 Å². The van der Waals surface area contributed by atoms with Crippen molar-refractivity contribution in [1.29, 1.82) is 0 Å². The summed E-state index contributed by atoms with van der Waals surface area (Å²) in [6, 6.07) is 3.48. The van der Waals surface area contributed by atoms with Crippen LogP contribution in [0.1, 0.15) is 5.56 Å². The van der Waals surface area contributed by atoms with Crippen LogP contribution in [0.25, 0.3) is 6.08 Å². The van der Waals surface area contributed by atoms with Crippen molar-refractivity contribution in [1.82, 2.24) is 5.32 Å². The number of benzene rings is 1. The predicted octanol–water partition coefficient (Wildman–Crippen LogP) is 2.62. The Bertz CT molecular complexity index is 362. The maximum absolute atomic E-state index is 13.1. The van der Waals surface area contributed by atoms with Crippen molar-refractivity contribution in [3.8, 4) is 0 Å². The first kappa shape index (κ1) is 12.1. The zero-order chi connectivity index (χ0) is 9.97. The Hall–Kier alpha value is -0.930. The highest BCUT2D eigenvalue weighted by molar-refractivity contribution is 5.85. The number of halogens is 3. The van der Waals surface area contributed by atoms with Crippen molar-refractivity contribution in [3.63, 3.8) is 0 Å². The molecule has 1 nitrogen and oxygen atoms in total. The molecule has 2 rings (SSSR count). The van der Waals surface area contributed by atoms with E-state index in [2.05, 4.69) is 5.32 Å². The largest absolute Gasteiger partial charge is 0.315 e. The normalized spacial score (nSPS) is 16.1. The Kier molecular flexibility index (Phi) is 4.24. The second-order valence-electron chi connectivity index (χ2n) is 3.44. The molecule has 1 fully saturated rings. The lowest BCUT2D eigenvalue weighted by Gasteiger charge is -2.23. The first-order chi connectivity index (χ1) is 6.75. The van der Waals surface area contributed by atoms with E-state index in [1.807, 2.05) is 6.08 Å². The third kappa shape index (κ3) is 3.01. The highest BCUT2D eigenvalue weighted by Crippen LogP contribution is 2.14. The third-order valence-corrected chi connectivity index (χ3v) is 2.32. The lowest BCUT2D eigenvalue weighted by atomic mass is 10.0. The predicted molar refractivity (Wildman–Crippen MR) is 59.0 cm³/mol. The van der Waals surface area contributed by atoms with Crippen molar-refractivity contribution in [2.75, 3.05) is 13.1 Å². The maximum atomic E-state index is 13.1. The van der Waals surface area contributed by atoms with Gasteiger partial charge in [-0.25, -0.2) is 8.78 Å². The first-order valence-electron chi connectivity index (χ1n) is 4.59. The summed E-state index contributed by atoms with van der Waals surface area (Å²) in [5.74, 6) is -0.328. The van der Waals surface area contributed by atoms with E-state index in [-0.39, 0.29) is 18.2 Å². The molecular formula is C11H12ClF2N. The zero-order valence-corrected chi connectivity index (χ0v) is 8.86. The van der Waals surface area contributed by atoms with Gasteiger partial charge < -0.3 is 5.32 Å². The highest BCUT2D eigenvalue weighted by Gasteiger charge is 2.12. The van der Waals surface area contributed by atoms with Gasteiger partial charge >= 0.3 is 0 Å². The molecule has 0 aliphatic carbocycles. The Morgan fingerprint density at radius 1 is 1.27 bits per heavy atom. The summed E-state index contributed by atoms with van der Waals surface area (Å²) < 4.78 is 25.9. The quantitative estimate of drug-likeness (QED) is 0.825. The van der Waals surface area contributed by atoms with Crippen molar-refractivity contribution < 1.29 is 8.78 Å². The van der Waals surface area contributed by atoms with Gasteiger partial charge in [0.25, 0.3) is 0 Å². The Morgan fingerprint density at radius 2 is 2.00 bits per heavy atom. The molecule has 1 aromatic carbocycles. The maximum Gasteiger partial charge on any atom is 0.130 e. The molecule has 1 N–H and O–H groups in total. The van der Waals surface area contributed by atoms with E-state index in [1.165, 1.54) is 6.07 Å². The first-order valence-corrected chi connectivity index (χ1v) is 4.59. The molecule has 0 bridgehead atoms. The van der Waals surface area contributed by atoms with E-state index in [1.54, 1.807) is 6.08 Å².